The molecule has 17 heavy (non-hydrogen) atoms. The number of hydrogen-bond donors (Lipinski definition) is 1. The van der Waals surface area contributed by atoms with E-state index in [1.54, 1.807) is 0 Å². The summed E-state index contributed by atoms with van der Waals surface area (Å²) in [5.74, 6) is 0.537. The van der Waals surface area contributed by atoms with Gasteiger partial charge in [0.05, 0.1) is 0 Å². The molecular formula is C13H23N3S. The third kappa shape index (κ3) is 3.19. The van der Waals surface area contributed by atoms with E-state index >= 15 is 0 Å². The zero-order chi connectivity index (χ0) is 12.3. The van der Waals surface area contributed by atoms with Crippen molar-refractivity contribution in [2.75, 3.05) is 19.6 Å². The Bertz CT molecular complexity index is 399. The summed E-state index contributed by atoms with van der Waals surface area (Å²) in [4.78, 5) is 5.72. The van der Waals surface area contributed by atoms with Crippen molar-refractivity contribution in [1.29, 1.82) is 0 Å². The van der Waals surface area contributed by atoms with E-state index in [4.69, 9.17) is 12.2 Å². The zero-order valence-corrected chi connectivity index (χ0v) is 11.7. The average molecular weight is 253 g/mol. The molecule has 1 N–H and O–H groups in total. The summed E-state index contributed by atoms with van der Waals surface area (Å²) in [6.45, 7) is 9.27. The second kappa shape index (κ2) is 5.83. The molecule has 4 heteroatoms. The van der Waals surface area contributed by atoms with Gasteiger partial charge in [-0.25, -0.2) is 0 Å². The van der Waals surface area contributed by atoms with Crippen LogP contribution in [0.25, 0.3) is 0 Å². The van der Waals surface area contributed by atoms with Crippen molar-refractivity contribution >= 4 is 12.2 Å². The number of rotatable bonds is 5. The number of nitrogens with one attached hydrogen (secondary N) is 1. The number of nitrogens with zero attached hydrogens (tertiary/aromatic N) is 2. The summed E-state index contributed by atoms with van der Waals surface area (Å²) >= 11 is 5.33. The smallest absolute Gasteiger partial charge is 0.177 e. The lowest BCUT2D eigenvalue weighted by molar-refractivity contribution is 0.324. The lowest BCUT2D eigenvalue weighted by Crippen LogP contribution is -2.21. The Morgan fingerprint density at radius 2 is 2.00 bits per heavy atom. The lowest BCUT2D eigenvalue weighted by atomic mass is 10.1. The monoisotopic (exact) mass is 253 g/mol. The Hall–Kier alpha value is -0.610. The highest BCUT2D eigenvalue weighted by molar-refractivity contribution is 7.71. The number of hydrogen-bond acceptors (Lipinski definition) is 2. The molecule has 2 heterocycles. The summed E-state index contributed by atoms with van der Waals surface area (Å²) in [6.07, 6.45) is 6.01. The Balaban J connectivity index is 1.89. The third-order valence-electron chi connectivity index (χ3n) is 3.55. The van der Waals surface area contributed by atoms with Crippen LogP contribution in [0.2, 0.25) is 0 Å². The zero-order valence-electron chi connectivity index (χ0n) is 10.9. The molecule has 0 unspecified atom stereocenters. The van der Waals surface area contributed by atoms with Crippen LogP contribution in [-0.4, -0.2) is 34.1 Å². The van der Waals surface area contributed by atoms with E-state index in [0.29, 0.717) is 5.92 Å². The van der Waals surface area contributed by atoms with Gasteiger partial charge in [-0.15, -0.1) is 0 Å². The van der Waals surface area contributed by atoms with Crippen molar-refractivity contribution in [3.8, 4) is 0 Å². The Morgan fingerprint density at radius 3 is 2.65 bits per heavy atom. The average Bonchev–Trinajstić information content (AvgIpc) is 2.89. The predicted octanol–water partition coefficient (Wildman–Crippen LogP) is 3.15. The standard InChI is InChI=1S/C13H23N3S/c1-11(2)12-10-14-13(17)16(12)9-5-8-15-6-3-4-7-15/h10-11H,3-9H2,1-2H3,(H,14,17). The maximum Gasteiger partial charge on any atom is 0.177 e. The summed E-state index contributed by atoms with van der Waals surface area (Å²) < 4.78 is 3.13. The van der Waals surface area contributed by atoms with Crippen molar-refractivity contribution in [2.24, 2.45) is 0 Å². The Kier molecular flexibility index (Phi) is 4.40. The number of H-pyrrole nitrogens is 1. The minimum absolute atomic E-state index is 0.537. The van der Waals surface area contributed by atoms with Crippen molar-refractivity contribution in [1.82, 2.24) is 14.5 Å². The van der Waals surface area contributed by atoms with Crippen LogP contribution in [0.4, 0.5) is 0 Å². The van der Waals surface area contributed by atoms with Gasteiger partial charge in [-0.1, -0.05) is 13.8 Å². The molecule has 1 aliphatic rings. The molecule has 3 nitrogen and oxygen atoms in total. The number of likely N-dealkylation sites (tertiary alicyclic amines) is 1. The number of imidazole rings is 1. The van der Waals surface area contributed by atoms with Crippen LogP contribution in [0.1, 0.15) is 44.7 Å². The first-order valence-corrected chi connectivity index (χ1v) is 7.10. The summed E-state index contributed by atoms with van der Waals surface area (Å²) in [5.41, 5.74) is 1.33. The molecule has 1 aromatic rings. The second-order valence-corrected chi connectivity index (χ2v) is 5.61. The van der Waals surface area contributed by atoms with Crippen molar-refractivity contribution in [3.63, 3.8) is 0 Å². The predicted molar refractivity (Wildman–Crippen MR) is 74.0 cm³/mol. The quantitative estimate of drug-likeness (QED) is 0.815. The Labute approximate surface area is 109 Å². The maximum atomic E-state index is 5.33. The second-order valence-electron chi connectivity index (χ2n) is 5.23. The van der Waals surface area contributed by atoms with E-state index in [1.165, 1.54) is 44.6 Å². The van der Waals surface area contributed by atoms with E-state index in [9.17, 15) is 0 Å². The number of aromatic amines is 1. The minimum atomic E-state index is 0.537. The van der Waals surface area contributed by atoms with E-state index in [2.05, 4.69) is 34.5 Å². The third-order valence-corrected chi connectivity index (χ3v) is 3.88. The van der Waals surface area contributed by atoms with Crippen LogP contribution in [0.3, 0.4) is 0 Å². The first-order chi connectivity index (χ1) is 8.18. The molecule has 1 fully saturated rings. The van der Waals surface area contributed by atoms with E-state index in [0.717, 1.165) is 11.3 Å². The van der Waals surface area contributed by atoms with Gasteiger partial charge >= 0.3 is 0 Å². The molecule has 0 spiro atoms. The molecule has 1 aromatic heterocycles. The SMILES string of the molecule is CC(C)c1c[nH]c(=S)n1CCCN1CCCC1. The molecule has 0 amide bonds. The molecule has 1 aliphatic heterocycles. The maximum absolute atomic E-state index is 5.33. The summed E-state index contributed by atoms with van der Waals surface area (Å²) in [7, 11) is 0. The first-order valence-electron chi connectivity index (χ1n) is 6.69. The van der Waals surface area contributed by atoms with Gasteiger partial charge in [0.15, 0.2) is 4.77 Å². The lowest BCUT2D eigenvalue weighted by Gasteiger charge is -2.16. The van der Waals surface area contributed by atoms with Crippen LogP contribution in [0.5, 0.6) is 0 Å². The summed E-state index contributed by atoms with van der Waals surface area (Å²) in [6, 6.07) is 0. The largest absolute Gasteiger partial charge is 0.337 e. The fourth-order valence-electron chi connectivity index (χ4n) is 2.58. The van der Waals surface area contributed by atoms with Gasteiger partial charge in [0.1, 0.15) is 0 Å². The van der Waals surface area contributed by atoms with Gasteiger partial charge in [0.25, 0.3) is 0 Å². The van der Waals surface area contributed by atoms with Crippen LogP contribution in [0.15, 0.2) is 6.20 Å². The van der Waals surface area contributed by atoms with E-state index in [-0.39, 0.29) is 0 Å². The van der Waals surface area contributed by atoms with Crippen LogP contribution in [0, 0.1) is 4.77 Å². The van der Waals surface area contributed by atoms with Crippen molar-refractivity contribution in [3.05, 3.63) is 16.7 Å². The summed E-state index contributed by atoms with van der Waals surface area (Å²) in [5, 5.41) is 0. The highest BCUT2D eigenvalue weighted by Gasteiger charge is 2.12. The molecule has 0 aromatic carbocycles. The van der Waals surface area contributed by atoms with Crippen LogP contribution >= 0.6 is 12.2 Å². The first kappa shape index (κ1) is 12.8. The molecule has 0 radical (unpaired) electrons. The molecule has 0 atom stereocenters. The molecule has 0 saturated carbocycles. The van der Waals surface area contributed by atoms with Gasteiger partial charge in [0.2, 0.25) is 0 Å². The Morgan fingerprint density at radius 1 is 1.29 bits per heavy atom. The molecule has 96 valence electrons. The van der Waals surface area contributed by atoms with Gasteiger partial charge in [-0.2, -0.15) is 0 Å². The van der Waals surface area contributed by atoms with Crippen LogP contribution in [-0.2, 0) is 6.54 Å². The molecule has 2 rings (SSSR count). The van der Waals surface area contributed by atoms with E-state index in [1.807, 2.05) is 0 Å². The van der Waals surface area contributed by atoms with E-state index < -0.39 is 0 Å². The number of aromatic nitrogens is 2. The van der Waals surface area contributed by atoms with Crippen molar-refractivity contribution in [2.45, 2.75) is 45.6 Å². The van der Waals surface area contributed by atoms with Gasteiger partial charge in [0, 0.05) is 18.4 Å². The topological polar surface area (TPSA) is 24.0 Å². The molecular weight excluding hydrogens is 230 g/mol. The molecule has 1 saturated heterocycles. The highest BCUT2D eigenvalue weighted by Crippen LogP contribution is 2.15. The van der Waals surface area contributed by atoms with Crippen LogP contribution < -0.4 is 0 Å². The molecule has 0 bridgehead atoms. The van der Waals surface area contributed by atoms with Gasteiger partial charge in [-0.05, 0) is 57.0 Å². The van der Waals surface area contributed by atoms with Gasteiger partial charge in [-0.3, -0.25) is 0 Å². The highest BCUT2D eigenvalue weighted by atomic mass is 32.1. The molecule has 0 aliphatic carbocycles. The van der Waals surface area contributed by atoms with Gasteiger partial charge < -0.3 is 14.5 Å². The minimum Gasteiger partial charge on any atom is -0.337 e. The van der Waals surface area contributed by atoms with Crippen molar-refractivity contribution < 1.29 is 0 Å². The fraction of sp³-hybridized carbons (Fsp3) is 0.769. The normalized spacial score (nSPS) is 17.1. The fourth-order valence-corrected chi connectivity index (χ4v) is 2.83.